The molecule has 1 rings (SSSR count). The summed E-state index contributed by atoms with van der Waals surface area (Å²) in [6.45, 7) is 1.98. The van der Waals surface area contributed by atoms with Crippen molar-refractivity contribution in [2.24, 2.45) is 0 Å². The van der Waals surface area contributed by atoms with Gasteiger partial charge >= 0.3 is 0 Å². The van der Waals surface area contributed by atoms with Crippen LogP contribution in [-0.2, 0) is 11.2 Å². The third-order valence-corrected chi connectivity index (χ3v) is 2.73. The van der Waals surface area contributed by atoms with Gasteiger partial charge in [-0.2, -0.15) is 0 Å². The molecule has 0 N–H and O–H groups in total. The van der Waals surface area contributed by atoms with Crippen LogP contribution in [0.25, 0.3) is 0 Å². The van der Waals surface area contributed by atoms with Crippen LogP contribution >= 0.6 is 27.5 Å². The molecule has 0 aliphatic heterocycles. The monoisotopic (exact) mass is 260 g/mol. The molecule has 0 bridgehead atoms. The third kappa shape index (κ3) is 3.12. The zero-order valence-electron chi connectivity index (χ0n) is 7.31. The number of carbonyl (C=O) groups excluding carboxylic acids is 1. The fourth-order valence-electron chi connectivity index (χ4n) is 1.10. The number of hydrogen-bond donors (Lipinski definition) is 0. The highest BCUT2D eigenvalue weighted by atomic mass is 79.9. The fraction of sp³-hybridized carbons (Fsp3) is 0.300. The molecule has 0 saturated carbocycles. The van der Waals surface area contributed by atoms with Crippen molar-refractivity contribution in [2.75, 3.05) is 5.33 Å². The van der Waals surface area contributed by atoms with Gasteiger partial charge in [0.2, 0.25) is 0 Å². The quantitative estimate of drug-likeness (QED) is 0.764. The van der Waals surface area contributed by atoms with E-state index in [-0.39, 0.29) is 5.78 Å². The van der Waals surface area contributed by atoms with Crippen molar-refractivity contribution >= 4 is 33.3 Å². The van der Waals surface area contributed by atoms with Crippen molar-refractivity contribution in [3.05, 3.63) is 34.3 Å². The smallest absolute Gasteiger partial charge is 0.147 e. The van der Waals surface area contributed by atoms with E-state index >= 15 is 0 Å². The number of aryl methyl sites for hydroxylation is 1. The summed E-state index contributed by atoms with van der Waals surface area (Å²) in [6.07, 6.45) is 0.408. The van der Waals surface area contributed by atoms with Crippen LogP contribution in [0.1, 0.15) is 11.1 Å². The second-order valence-electron chi connectivity index (χ2n) is 2.94. The number of ketones is 1. The lowest BCUT2D eigenvalue weighted by Gasteiger charge is -2.03. The zero-order valence-corrected chi connectivity index (χ0v) is 9.65. The molecule has 0 amide bonds. The first-order valence-corrected chi connectivity index (χ1v) is 5.46. The molecule has 1 aromatic carbocycles. The van der Waals surface area contributed by atoms with Gasteiger partial charge in [0.25, 0.3) is 0 Å². The molecule has 0 atom stereocenters. The second kappa shape index (κ2) is 4.77. The summed E-state index contributed by atoms with van der Waals surface area (Å²) < 4.78 is 0. The van der Waals surface area contributed by atoms with E-state index in [1.165, 1.54) is 0 Å². The van der Waals surface area contributed by atoms with Crippen molar-refractivity contribution in [1.82, 2.24) is 0 Å². The van der Waals surface area contributed by atoms with E-state index in [0.717, 1.165) is 11.1 Å². The highest BCUT2D eigenvalue weighted by Gasteiger charge is 2.05. The number of rotatable bonds is 3. The first-order chi connectivity index (χ1) is 6.13. The van der Waals surface area contributed by atoms with Crippen molar-refractivity contribution in [3.8, 4) is 0 Å². The number of alkyl halides is 1. The Labute approximate surface area is 91.2 Å². The van der Waals surface area contributed by atoms with Crippen molar-refractivity contribution < 1.29 is 4.79 Å². The van der Waals surface area contributed by atoms with Crippen LogP contribution in [0.3, 0.4) is 0 Å². The largest absolute Gasteiger partial charge is 0.298 e. The lowest BCUT2D eigenvalue weighted by Crippen LogP contribution is -2.04. The summed E-state index contributed by atoms with van der Waals surface area (Å²) in [5.74, 6) is 0.146. The number of carbonyl (C=O) groups is 1. The Morgan fingerprint density at radius 1 is 1.54 bits per heavy atom. The predicted molar refractivity (Wildman–Crippen MR) is 58.7 cm³/mol. The first kappa shape index (κ1) is 10.7. The van der Waals surface area contributed by atoms with E-state index in [1.807, 2.05) is 25.1 Å². The molecule has 0 spiro atoms. The normalized spacial score (nSPS) is 10.1. The van der Waals surface area contributed by atoms with Gasteiger partial charge in [-0.3, -0.25) is 4.79 Å². The van der Waals surface area contributed by atoms with Crippen LogP contribution in [0.2, 0.25) is 5.02 Å². The van der Waals surface area contributed by atoms with Crippen LogP contribution in [0.4, 0.5) is 0 Å². The maximum absolute atomic E-state index is 11.1. The molecule has 0 saturated heterocycles. The average molecular weight is 262 g/mol. The van der Waals surface area contributed by atoms with Crippen molar-refractivity contribution in [2.45, 2.75) is 13.3 Å². The Bertz CT molecular complexity index is 323. The summed E-state index contributed by atoms with van der Waals surface area (Å²) in [4.78, 5) is 11.1. The Morgan fingerprint density at radius 3 is 2.85 bits per heavy atom. The van der Waals surface area contributed by atoms with Crippen molar-refractivity contribution in [1.29, 1.82) is 0 Å². The fourth-order valence-corrected chi connectivity index (χ4v) is 1.48. The molecule has 0 aromatic heterocycles. The molecule has 13 heavy (non-hydrogen) atoms. The van der Waals surface area contributed by atoms with E-state index in [2.05, 4.69) is 15.9 Å². The minimum absolute atomic E-state index is 0.146. The lowest BCUT2D eigenvalue weighted by molar-refractivity contribution is -0.115. The number of Topliss-reactive ketones (excluding diaryl/α,β-unsaturated/α-hetero) is 1. The molecule has 0 aliphatic carbocycles. The highest BCUT2D eigenvalue weighted by Crippen LogP contribution is 2.18. The molecule has 1 nitrogen and oxygen atoms in total. The van der Waals surface area contributed by atoms with Gasteiger partial charge in [-0.25, -0.2) is 0 Å². The molecule has 0 aliphatic rings. The number of halogens is 2. The Hall–Kier alpha value is -0.340. The Morgan fingerprint density at radius 2 is 2.23 bits per heavy atom. The van der Waals surface area contributed by atoms with Crippen LogP contribution in [0.15, 0.2) is 18.2 Å². The average Bonchev–Trinajstić information content (AvgIpc) is 2.11. The van der Waals surface area contributed by atoms with Gasteiger partial charge in [0, 0.05) is 11.4 Å². The topological polar surface area (TPSA) is 17.1 Å². The molecule has 70 valence electrons. The van der Waals surface area contributed by atoms with Gasteiger partial charge in [-0.1, -0.05) is 45.2 Å². The summed E-state index contributed by atoms with van der Waals surface area (Å²) in [6, 6.07) is 5.71. The molecule has 0 unspecified atom stereocenters. The third-order valence-electron chi connectivity index (χ3n) is 1.74. The summed E-state index contributed by atoms with van der Waals surface area (Å²) >= 11 is 9.05. The van der Waals surface area contributed by atoms with Gasteiger partial charge in [0.15, 0.2) is 0 Å². The van der Waals surface area contributed by atoms with Crippen LogP contribution in [-0.4, -0.2) is 11.1 Å². The minimum Gasteiger partial charge on any atom is -0.298 e. The molecule has 3 heteroatoms. The van der Waals surface area contributed by atoms with Gasteiger partial charge < -0.3 is 0 Å². The van der Waals surface area contributed by atoms with Crippen LogP contribution < -0.4 is 0 Å². The van der Waals surface area contributed by atoms with E-state index in [1.54, 1.807) is 0 Å². The highest BCUT2D eigenvalue weighted by molar-refractivity contribution is 9.09. The SMILES string of the molecule is Cc1ccc(Cl)c(CC(=O)CBr)c1. The maximum Gasteiger partial charge on any atom is 0.147 e. The zero-order chi connectivity index (χ0) is 9.84. The summed E-state index contributed by atoms with van der Waals surface area (Å²) in [7, 11) is 0. The lowest BCUT2D eigenvalue weighted by atomic mass is 10.1. The summed E-state index contributed by atoms with van der Waals surface area (Å²) in [5, 5.41) is 1.05. The van der Waals surface area contributed by atoms with Gasteiger partial charge in [0.1, 0.15) is 5.78 Å². The Balaban J connectivity index is 2.87. The standard InChI is InChI=1S/C10H10BrClO/c1-7-2-3-10(12)8(4-7)5-9(13)6-11/h2-4H,5-6H2,1H3. The van der Waals surface area contributed by atoms with Crippen LogP contribution in [0, 0.1) is 6.92 Å². The van der Waals surface area contributed by atoms with E-state index in [0.29, 0.717) is 16.8 Å². The molecule has 0 fully saturated rings. The summed E-state index contributed by atoms with van der Waals surface area (Å²) in [5.41, 5.74) is 2.04. The minimum atomic E-state index is 0.146. The number of benzene rings is 1. The number of hydrogen-bond acceptors (Lipinski definition) is 1. The van der Waals surface area contributed by atoms with Crippen molar-refractivity contribution in [3.63, 3.8) is 0 Å². The molecule has 1 aromatic rings. The molecular formula is C10H10BrClO. The molecule has 0 heterocycles. The Kier molecular flexibility index (Phi) is 3.94. The van der Waals surface area contributed by atoms with E-state index in [4.69, 9.17) is 11.6 Å². The van der Waals surface area contributed by atoms with E-state index in [9.17, 15) is 4.79 Å². The van der Waals surface area contributed by atoms with Crippen LogP contribution in [0.5, 0.6) is 0 Å². The van der Waals surface area contributed by atoms with Gasteiger partial charge in [-0.05, 0) is 18.6 Å². The van der Waals surface area contributed by atoms with Gasteiger partial charge in [-0.15, -0.1) is 0 Å². The second-order valence-corrected chi connectivity index (χ2v) is 3.91. The van der Waals surface area contributed by atoms with Gasteiger partial charge in [0.05, 0.1) is 5.33 Å². The first-order valence-electron chi connectivity index (χ1n) is 3.96. The molecular weight excluding hydrogens is 251 g/mol. The maximum atomic E-state index is 11.1. The predicted octanol–water partition coefficient (Wildman–Crippen LogP) is 3.15. The molecule has 0 radical (unpaired) electrons. The van der Waals surface area contributed by atoms with E-state index < -0.39 is 0 Å².